The molecule has 6 heteroatoms. The highest BCUT2D eigenvalue weighted by Crippen LogP contribution is 2.43. The molecule has 5 nitrogen and oxygen atoms in total. The number of nitrogens with one attached hydrogen (secondary N) is 1. The van der Waals surface area contributed by atoms with E-state index < -0.39 is 5.25 Å². The van der Waals surface area contributed by atoms with E-state index in [0.717, 1.165) is 51.9 Å². The first-order chi connectivity index (χ1) is 16.1. The summed E-state index contributed by atoms with van der Waals surface area (Å²) in [6, 6.07) is 26.1. The fourth-order valence-corrected chi connectivity index (χ4v) is 4.92. The van der Waals surface area contributed by atoms with Crippen molar-refractivity contribution in [3.63, 3.8) is 0 Å². The molecule has 0 bridgehead atoms. The van der Waals surface area contributed by atoms with E-state index in [4.69, 9.17) is 0 Å². The van der Waals surface area contributed by atoms with Crippen LogP contribution in [0.25, 0.3) is 5.69 Å². The van der Waals surface area contributed by atoms with Gasteiger partial charge < -0.3 is 5.32 Å². The zero-order valence-corrected chi connectivity index (χ0v) is 19.5. The van der Waals surface area contributed by atoms with Gasteiger partial charge in [0, 0.05) is 17.3 Å². The van der Waals surface area contributed by atoms with Crippen LogP contribution in [0, 0.1) is 13.8 Å². The Morgan fingerprint density at radius 3 is 2.36 bits per heavy atom. The maximum absolute atomic E-state index is 13.6. The minimum Gasteiger partial charge on any atom is -0.325 e. The van der Waals surface area contributed by atoms with Crippen molar-refractivity contribution in [2.24, 2.45) is 0 Å². The summed E-state index contributed by atoms with van der Waals surface area (Å²) in [5.74, 6) is 1.34. The summed E-state index contributed by atoms with van der Waals surface area (Å²) in [5.41, 5.74) is 4.94. The van der Waals surface area contributed by atoms with Crippen LogP contribution >= 0.6 is 11.8 Å². The molecule has 1 saturated carbocycles. The lowest BCUT2D eigenvalue weighted by Crippen LogP contribution is -2.20. The topological polar surface area (TPSA) is 59.8 Å². The Labute approximate surface area is 198 Å². The average molecular weight is 455 g/mol. The molecule has 166 valence electrons. The average Bonchev–Trinajstić information content (AvgIpc) is 3.60. The van der Waals surface area contributed by atoms with Gasteiger partial charge in [-0.1, -0.05) is 72.4 Å². The van der Waals surface area contributed by atoms with Crippen LogP contribution in [0.5, 0.6) is 0 Å². The second-order valence-corrected chi connectivity index (χ2v) is 9.57. The maximum atomic E-state index is 13.6. The van der Waals surface area contributed by atoms with Gasteiger partial charge in [-0.15, -0.1) is 10.2 Å². The molecule has 1 amide bonds. The Balaban J connectivity index is 1.51. The summed E-state index contributed by atoms with van der Waals surface area (Å²) in [6.45, 7) is 4.04. The van der Waals surface area contributed by atoms with E-state index in [2.05, 4.69) is 38.3 Å². The minimum atomic E-state index is -0.468. The van der Waals surface area contributed by atoms with Gasteiger partial charge in [-0.05, 0) is 61.6 Å². The van der Waals surface area contributed by atoms with Gasteiger partial charge in [-0.25, -0.2) is 0 Å². The molecule has 1 N–H and O–H groups in total. The van der Waals surface area contributed by atoms with Crippen LogP contribution in [0.1, 0.15) is 46.5 Å². The minimum absolute atomic E-state index is 0.0736. The lowest BCUT2D eigenvalue weighted by Gasteiger charge is -2.18. The Bertz CT molecular complexity index is 1270. The molecule has 1 fully saturated rings. The number of hydrogen-bond donors (Lipinski definition) is 1. The first-order valence-electron chi connectivity index (χ1n) is 11.2. The molecule has 3 aromatic carbocycles. The third-order valence-electron chi connectivity index (χ3n) is 5.83. The van der Waals surface area contributed by atoms with Crippen LogP contribution in [0.4, 0.5) is 5.69 Å². The van der Waals surface area contributed by atoms with Gasteiger partial charge in [0.05, 0.1) is 0 Å². The maximum Gasteiger partial charge on any atom is 0.242 e. The molecule has 1 atom stereocenters. The van der Waals surface area contributed by atoms with Gasteiger partial charge in [0.25, 0.3) is 0 Å². The number of thioether (sulfide) groups is 1. The molecule has 33 heavy (non-hydrogen) atoms. The number of amides is 1. The van der Waals surface area contributed by atoms with Crippen LogP contribution < -0.4 is 5.32 Å². The highest BCUT2D eigenvalue weighted by Gasteiger charge is 2.33. The smallest absolute Gasteiger partial charge is 0.242 e. The number of nitrogens with zero attached hydrogens (tertiary/aromatic N) is 3. The van der Waals surface area contributed by atoms with Crippen molar-refractivity contribution in [1.29, 1.82) is 0 Å². The molecule has 1 unspecified atom stereocenters. The fraction of sp³-hybridized carbons (Fsp3) is 0.222. The van der Waals surface area contributed by atoms with Crippen molar-refractivity contribution in [1.82, 2.24) is 14.8 Å². The molecule has 1 heterocycles. The summed E-state index contributed by atoms with van der Waals surface area (Å²) in [7, 11) is 0. The molecule has 0 radical (unpaired) electrons. The van der Waals surface area contributed by atoms with Gasteiger partial charge >= 0.3 is 0 Å². The first-order valence-corrected chi connectivity index (χ1v) is 12.1. The largest absolute Gasteiger partial charge is 0.325 e. The molecule has 1 aliphatic rings. The first kappa shape index (κ1) is 21.5. The van der Waals surface area contributed by atoms with Crippen LogP contribution in [0.3, 0.4) is 0 Å². The molecule has 1 aromatic heterocycles. The molecular formula is C27H26N4OS. The Morgan fingerprint density at radius 1 is 0.970 bits per heavy atom. The third kappa shape index (κ3) is 4.71. The predicted octanol–water partition coefficient (Wildman–Crippen LogP) is 6.23. The second kappa shape index (κ2) is 9.24. The number of carbonyl (C=O) groups excluding carboxylic acids is 1. The van der Waals surface area contributed by atoms with Crippen LogP contribution in [0.15, 0.2) is 84.0 Å². The van der Waals surface area contributed by atoms with Gasteiger partial charge in [-0.3, -0.25) is 9.36 Å². The summed E-state index contributed by atoms with van der Waals surface area (Å²) in [6.07, 6.45) is 2.26. The highest BCUT2D eigenvalue weighted by molar-refractivity contribution is 8.00. The SMILES string of the molecule is Cc1ccc(C)c(NC(=O)C(Sc2nnc(C3CC3)n2-c2ccccc2)c2ccccc2)c1. The Hall–Kier alpha value is -3.38. The monoisotopic (exact) mass is 454 g/mol. The van der Waals surface area contributed by atoms with E-state index in [9.17, 15) is 4.79 Å². The number of hydrogen-bond acceptors (Lipinski definition) is 4. The normalized spacial score (nSPS) is 14.1. The number of aryl methyl sites for hydroxylation is 2. The predicted molar refractivity (Wildman–Crippen MR) is 133 cm³/mol. The van der Waals surface area contributed by atoms with Crippen LogP contribution in [-0.4, -0.2) is 20.7 Å². The molecular weight excluding hydrogens is 428 g/mol. The fourth-order valence-electron chi connectivity index (χ4n) is 3.86. The number of benzene rings is 3. The van der Waals surface area contributed by atoms with E-state index in [1.165, 1.54) is 11.8 Å². The third-order valence-corrected chi connectivity index (χ3v) is 7.03. The molecule has 1 aliphatic carbocycles. The van der Waals surface area contributed by atoms with E-state index in [0.29, 0.717) is 5.92 Å². The standard InChI is InChI=1S/C27H26N4OS/c1-18-13-14-19(2)23(17-18)28-26(32)24(20-9-5-3-6-10-20)33-27-30-29-25(21-15-16-21)31(27)22-11-7-4-8-12-22/h3-14,17,21,24H,15-16H2,1-2H3,(H,28,32). The molecule has 4 aromatic rings. The van der Waals surface area contributed by atoms with E-state index >= 15 is 0 Å². The van der Waals surface area contributed by atoms with Crippen LogP contribution in [-0.2, 0) is 4.79 Å². The Morgan fingerprint density at radius 2 is 1.67 bits per heavy atom. The van der Waals surface area contributed by atoms with Crippen molar-refractivity contribution in [2.75, 3.05) is 5.32 Å². The van der Waals surface area contributed by atoms with Gasteiger partial charge in [0.2, 0.25) is 5.91 Å². The molecule has 0 spiro atoms. The summed E-state index contributed by atoms with van der Waals surface area (Å²) < 4.78 is 2.11. The number of para-hydroxylation sites is 1. The zero-order chi connectivity index (χ0) is 22.8. The second-order valence-electron chi connectivity index (χ2n) is 8.50. The Kier molecular flexibility index (Phi) is 6.01. The van der Waals surface area contributed by atoms with Gasteiger partial charge in [0.1, 0.15) is 11.1 Å². The van der Waals surface area contributed by atoms with E-state index in [-0.39, 0.29) is 5.91 Å². The highest BCUT2D eigenvalue weighted by atomic mass is 32.2. The number of carbonyl (C=O) groups is 1. The van der Waals surface area contributed by atoms with E-state index in [1.807, 2.05) is 74.5 Å². The summed E-state index contributed by atoms with van der Waals surface area (Å²) in [5, 5.41) is 12.5. The number of aromatic nitrogens is 3. The number of rotatable bonds is 7. The summed E-state index contributed by atoms with van der Waals surface area (Å²) in [4.78, 5) is 13.6. The van der Waals surface area contributed by atoms with Crippen molar-refractivity contribution in [3.05, 3.63) is 101 Å². The van der Waals surface area contributed by atoms with Crippen molar-refractivity contribution in [2.45, 2.75) is 43.0 Å². The van der Waals surface area contributed by atoms with Crippen molar-refractivity contribution in [3.8, 4) is 5.69 Å². The lowest BCUT2D eigenvalue weighted by molar-refractivity contribution is -0.115. The molecule has 0 saturated heterocycles. The zero-order valence-electron chi connectivity index (χ0n) is 18.7. The molecule has 5 rings (SSSR count). The lowest BCUT2D eigenvalue weighted by atomic mass is 10.1. The van der Waals surface area contributed by atoms with Crippen molar-refractivity contribution >= 4 is 23.4 Å². The van der Waals surface area contributed by atoms with E-state index in [1.54, 1.807) is 0 Å². The molecule has 0 aliphatic heterocycles. The quantitative estimate of drug-likeness (QED) is 0.336. The van der Waals surface area contributed by atoms with Crippen molar-refractivity contribution < 1.29 is 4.79 Å². The summed E-state index contributed by atoms with van der Waals surface area (Å²) >= 11 is 1.44. The van der Waals surface area contributed by atoms with Gasteiger partial charge in [0.15, 0.2) is 5.16 Å². The number of anilines is 1. The van der Waals surface area contributed by atoms with Crippen LogP contribution in [0.2, 0.25) is 0 Å². The van der Waals surface area contributed by atoms with Gasteiger partial charge in [-0.2, -0.15) is 0 Å².